The third-order valence-electron chi connectivity index (χ3n) is 4.41. The van der Waals surface area contributed by atoms with Gasteiger partial charge in [-0.25, -0.2) is 24.4 Å². The minimum absolute atomic E-state index is 0.288. The highest BCUT2D eigenvalue weighted by atomic mass is 16.5. The first-order valence-corrected chi connectivity index (χ1v) is 8.26. The van der Waals surface area contributed by atoms with Gasteiger partial charge in [0, 0.05) is 31.1 Å². The fraction of sp³-hybridized carbons (Fsp3) is 0.562. The maximum Gasteiger partial charge on any atom is 0.356 e. The number of carbonyl (C=O) groups excluding carboxylic acids is 1. The summed E-state index contributed by atoms with van der Waals surface area (Å²) in [7, 11) is 1.35. The second-order valence-corrected chi connectivity index (χ2v) is 6.31. The maximum absolute atomic E-state index is 11.8. The lowest BCUT2D eigenvalue weighted by atomic mass is 10.3. The van der Waals surface area contributed by atoms with E-state index in [9.17, 15) is 4.79 Å². The number of rotatable bonds is 3. The molecule has 1 saturated carbocycles. The van der Waals surface area contributed by atoms with Crippen molar-refractivity contribution in [1.82, 2.24) is 24.7 Å². The highest BCUT2D eigenvalue weighted by Crippen LogP contribution is 2.38. The van der Waals surface area contributed by atoms with Gasteiger partial charge in [0.25, 0.3) is 0 Å². The Bertz CT molecular complexity index is 757. The van der Waals surface area contributed by atoms with E-state index < -0.39 is 5.97 Å². The third kappa shape index (κ3) is 2.83. The van der Waals surface area contributed by atoms with Crippen LogP contribution in [0.2, 0.25) is 0 Å². The van der Waals surface area contributed by atoms with Crippen molar-refractivity contribution in [3.05, 3.63) is 29.1 Å². The van der Waals surface area contributed by atoms with Gasteiger partial charge in [0.05, 0.1) is 13.7 Å². The van der Waals surface area contributed by atoms with Crippen LogP contribution in [-0.4, -0.2) is 50.9 Å². The van der Waals surface area contributed by atoms with Gasteiger partial charge in [-0.2, -0.15) is 5.10 Å². The van der Waals surface area contributed by atoms with Crippen molar-refractivity contribution in [2.24, 2.45) is 0 Å². The Morgan fingerprint density at radius 2 is 2.04 bits per heavy atom. The number of carbonyl (C=O) groups is 1. The molecule has 24 heavy (non-hydrogen) atoms. The molecular formula is C16H20N6O2. The molecule has 0 amide bonds. The van der Waals surface area contributed by atoms with Gasteiger partial charge in [0.1, 0.15) is 5.82 Å². The van der Waals surface area contributed by atoms with Gasteiger partial charge in [-0.3, -0.25) is 0 Å². The van der Waals surface area contributed by atoms with Crippen LogP contribution in [0.5, 0.6) is 0 Å². The normalized spacial score (nSPS) is 17.3. The van der Waals surface area contributed by atoms with E-state index in [0.717, 1.165) is 43.4 Å². The van der Waals surface area contributed by atoms with Gasteiger partial charge in [-0.1, -0.05) is 0 Å². The van der Waals surface area contributed by atoms with Gasteiger partial charge < -0.3 is 9.64 Å². The number of fused-ring (bicyclic) bond motifs is 1. The van der Waals surface area contributed by atoms with Gasteiger partial charge in [0.15, 0.2) is 11.5 Å². The minimum atomic E-state index is -0.444. The summed E-state index contributed by atoms with van der Waals surface area (Å²) >= 11 is 0. The van der Waals surface area contributed by atoms with Gasteiger partial charge in [-0.15, -0.1) is 0 Å². The van der Waals surface area contributed by atoms with Crippen molar-refractivity contribution in [2.45, 2.75) is 38.6 Å². The van der Waals surface area contributed by atoms with Gasteiger partial charge in [-0.05, 0) is 25.8 Å². The summed E-state index contributed by atoms with van der Waals surface area (Å²) in [6, 6.07) is 1.64. The summed E-state index contributed by atoms with van der Waals surface area (Å²) in [6.45, 7) is 4.10. The Kier molecular flexibility index (Phi) is 3.66. The molecule has 1 aliphatic heterocycles. The average Bonchev–Trinajstić information content (AvgIpc) is 3.38. The molecule has 0 saturated heterocycles. The SMILES string of the molecule is COC(=O)c1cc(C)nc(N2CCc3nc(C4CC4)nn3CC2)n1. The van der Waals surface area contributed by atoms with Gasteiger partial charge in [0.2, 0.25) is 5.95 Å². The fourth-order valence-electron chi connectivity index (χ4n) is 2.94. The summed E-state index contributed by atoms with van der Waals surface area (Å²) < 4.78 is 6.77. The highest BCUT2D eigenvalue weighted by Gasteiger charge is 2.30. The molecule has 3 heterocycles. The lowest BCUT2D eigenvalue weighted by Crippen LogP contribution is -2.29. The van der Waals surface area contributed by atoms with Crippen molar-refractivity contribution in [3.63, 3.8) is 0 Å². The second-order valence-electron chi connectivity index (χ2n) is 6.31. The molecule has 8 nitrogen and oxygen atoms in total. The van der Waals surface area contributed by atoms with Crippen molar-refractivity contribution < 1.29 is 9.53 Å². The lowest BCUT2D eigenvalue weighted by molar-refractivity contribution is 0.0593. The first-order chi connectivity index (χ1) is 11.6. The molecule has 126 valence electrons. The molecule has 0 aromatic carbocycles. The lowest BCUT2D eigenvalue weighted by Gasteiger charge is -2.20. The van der Waals surface area contributed by atoms with E-state index in [4.69, 9.17) is 4.74 Å². The zero-order chi connectivity index (χ0) is 16.7. The van der Waals surface area contributed by atoms with E-state index in [1.807, 2.05) is 11.6 Å². The van der Waals surface area contributed by atoms with Crippen LogP contribution in [-0.2, 0) is 17.7 Å². The molecule has 0 N–H and O–H groups in total. The van der Waals surface area contributed by atoms with Crippen LogP contribution < -0.4 is 4.90 Å². The van der Waals surface area contributed by atoms with Crippen LogP contribution in [0.15, 0.2) is 6.07 Å². The first kappa shape index (κ1) is 15.0. The predicted molar refractivity (Wildman–Crippen MR) is 86.0 cm³/mol. The Labute approximate surface area is 139 Å². The minimum Gasteiger partial charge on any atom is -0.464 e. The van der Waals surface area contributed by atoms with Crippen molar-refractivity contribution in [2.75, 3.05) is 25.1 Å². The zero-order valence-corrected chi connectivity index (χ0v) is 13.9. The van der Waals surface area contributed by atoms with E-state index in [1.165, 1.54) is 20.0 Å². The van der Waals surface area contributed by atoms with E-state index in [0.29, 0.717) is 11.9 Å². The summed E-state index contributed by atoms with van der Waals surface area (Å²) in [5.41, 5.74) is 1.03. The summed E-state index contributed by atoms with van der Waals surface area (Å²) in [6.07, 6.45) is 3.22. The van der Waals surface area contributed by atoms with Crippen LogP contribution in [0, 0.1) is 6.92 Å². The molecule has 2 aliphatic rings. The monoisotopic (exact) mass is 328 g/mol. The molecule has 1 aliphatic carbocycles. The smallest absolute Gasteiger partial charge is 0.356 e. The molecular weight excluding hydrogens is 308 g/mol. The third-order valence-corrected chi connectivity index (χ3v) is 4.41. The molecule has 4 rings (SSSR count). The summed E-state index contributed by atoms with van der Waals surface area (Å²) in [5.74, 6) is 2.71. The van der Waals surface area contributed by atoms with Crippen LogP contribution in [0.1, 0.15) is 46.6 Å². The largest absolute Gasteiger partial charge is 0.464 e. The second kappa shape index (κ2) is 5.85. The average molecular weight is 328 g/mol. The van der Waals surface area contributed by atoms with Crippen LogP contribution in [0.3, 0.4) is 0 Å². The number of ether oxygens (including phenoxy) is 1. The van der Waals surface area contributed by atoms with Crippen LogP contribution >= 0.6 is 0 Å². The number of nitrogens with zero attached hydrogens (tertiary/aromatic N) is 6. The van der Waals surface area contributed by atoms with E-state index in [1.54, 1.807) is 6.07 Å². The van der Waals surface area contributed by atoms with Crippen molar-refractivity contribution in [1.29, 1.82) is 0 Å². The maximum atomic E-state index is 11.8. The van der Waals surface area contributed by atoms with Crippen LogP contribution in [0.25, 0.3) is 0 Å². The Morgan fingerprint density at radius 1 is 1.21 bits per heavy atom. The standard InChI is InChI=1S/C16H20N6O2/c1-10-9-12(15(23)24-2)18-16(17-10)21-6-5-13-19-14(11-3-4-11)20-22(13)8-7-21/h9,11H,3-8H2,1-2H3. The zero-order valence-electron chi connectivity index (χ0n) is 13.9. The Balaban J connectivity index is 1.54. The molecule has 8 heteroatoms. The molecule has 0 bridgehead atoms. The quantitative estimate of drug-likeness (QED) is 0.780. The molecule has 2 aromatic rings. The molecule has 0 radical (unpaired) electrons. The number of aryl methyl sites for hydroxylation is 1. The number of hydrogen-bond donors (Lipinski definition) is 0. The fourth-order valence-corrected chi connectivity index (χ4v) is 2.94. The van der Waals surface area contributed by atoms with Crippen molar-refractivity contribution in [3.8, 4) is 0 Å². The number of hydrogen-bond acceptors (Lipinski definition) is 7. The number of aromatic nitrogens is 5. The number of anilines is 1. The van der Waals surface area contributed by atoms with E-state index >= 15 is 0 Å². The molecule has 0 spiro atoms. The predicted octanol–water partition coefficient (Wildman–Crippen LogP) is 1.10. The van der Waals surface area contributed by atoms with E-state index in [2.05, 4.69) is 25.0 Å². The number of esters is 1. The molecule has 0 atom stereocenters. The van der Waals surface area contributed by atoms with Crippen LogP contribution in [0.4, 0.5) is 5.95 Å². The topological polar surface area (TPSA) is 86.0 Å². The number of methoxy groups -OCH3 is 1. The van der Waals surface area contributed by atoms with Crippen molar-refractivity contribution >= 4 is 11.9 Å². The first-order valence-electron chi connectivity index (χ1n) is 8.26. The summed E-state index contributed by atoms with van der Waals surface area (Å²) in [4.78, 5) is 27.4. The highest BCUT2D eigenvalue weighted by molar-refractivity contribution is 5.87. The Hall–Kier alpha value is -2.51. The Morgan fingerprint density at radius 3 is 2.79 bits per heavy atom. The van der Waals surface area contributed by atoms with Gasteiger partial charge >= 0.3 is 5.97 Å². The molecule has 1 fully saturated rings. The summed E-state index contributed by atoms with van der Waals surface area (Å²) in [5, 5.41) is 4.64. The molecule has 2 aromatic heterocycles. The van der Waals surface area contributed by atoms with E-state index in [-0.39, 0.29) is 5.69 Å². The molecule has 0 unspecified atom stereocenters.